The number of hydrogen-bond acceptors (Lipinski definition) is 2. The van der Waals surface area contributed by atoms with Crippen LogP contribution in [0.1, 0.15) is 13.3 Å². The molecule has 0 bridgehead atoms. The van der Waals surface area contributed by atoms with E-state index in [2.05, 4.69) is 16.9 Å². The quantitative estimate of drug-likeness (QED) is 0.288. The Morgan fingerprint density at radius 3 is 2.67 bits per heavy atom. The predicted molar refractivity (Wildman–Crippen MR) is 29.3 cm³/mol. The minimum atomic E-state index is 0.792. The highest BCUT2D eigenvalue weighted by molar-refractivity contribution is 5.97. The van der Waals surface area contributed by atoms with Crippen LogP contribution in [-0.2, 0) is 4.53 Å². The van der Waals surface area contributed by atoms with Gasteiger partial charge in [0.1, 0.15) is 0 Å². The van der Waals surface area contributed by atoms with E-state index in [1.165, 1.54) is 0 Å². The van der Waals surface area contributed by atoms with Crippen LogP contribution in [0.3, 0.4) is 0 Å². The molecule has 0 aromatic heterocycles. The Labute approximate surface area is 41.4 Å². The van der Waals surface area contributed by atoms with E-state index < -0.39 is 0 Å². The summed E-state index contributed by atoms with van der Waals surface area (Å²) in [5.41, 5.74) is 2.76. The molecule has 2 nitrogen and oxygen atoms in total. The lowest BCUT2D eigenvalue weighted by molar-refractivity contribution is 0.218. The lowest BCUT2D eigenvalue weighted by atomic mass is 10.5. The van der Waals surface area contributed by atoms with Crippen LogP contribution in [0.5, 0.6) is 0 Å². The van der Waals surface area contributed by atoms with Gasteiger partial charge in [0.25, 0.3) is 0 Å². The number of rotatable bonds is 3. The summed E-state index contributed by atoms with van der Waals surface area (Å²) in [4.78, 5) is 0. The highest BCUT2D eigenvalue weighted by Crippen LogP contribution is 1.65. The van der Waals surface area contributed by atoms with Gasteiger partial charge in [-0.15, -0.1) is 0 Å². The number of hydrogen-bond donors (Lipinski definition) is 1. The Kier molecular flexibility index (Phi) is 5.25. The van der Waals surface area contributed by atoms with Crippen molar-refractivity contribution >= 4 is 10.5 Å². The fourth-order valence-electron chi connectivity index (χ4n) is 0.204. The molecule has 0 amide bonds. The molecule has 1 N–H and O–H groups in total. The van der Waals surface area contributed by atoms with Crippen molar-refractivity contribution in [1.82, 2.24) is 5.48 Å². The second-order valence-electron chi connectivity index (χ2n) is 1.10. The summed E-state index contributed by atoms with van der Waals surface area (Å²) < 4.78 is 4.67. The van der Waals surface area contributed by atoms with Gasteiger partial charge in [0, 0.05) is 6.54 Å². The Morgan fingerprint density at radius 2 is 2.50 bits per heavy atom. The molecule has 0 aliphatic rings. The van der Waals surface area contributed by atoms with Crippen molar-refractivity contribution in [3.05, 3.63) is 0 Å². The maximum Gasteiger partial charge on any atom is 0.174 e. The fraction of sp³-hybridized carbons (Fsp3) is 1.00. The van der Waals surface area contributed by atoms with Crippen LogP contribution in [0.2, 0.25) is 0 Å². The summed E-state index contributed by atoms with van der Waals surface area (Å²) in [6, 6.07) is 0. The van der Waals surface area contributed by atoms with Crippen molar-refractivity contribution in [2.24, 2.45) is 0 Å². The molecule has 0 aromatic carbocycles. The first-order chi connectivity index (χ1) is 2.91. The van der Waals surface area contributed by atoms with Crippen molar-refractivity contribution in [2.45, 2.75) is 13.3 Å². The first-order valence-corrected chi connectivity index (χ1v) is 2.99. The molecule has 0 fully saturated rings. The van der Waals surface area contributed by atoms with Crippen LogP contribution >= 0.6 is 0 Å². The molecule has 0 aliphatic heterocycles. The van der Waals surface area contributed by atoms with Gasteiger partial charge in [-0.3, -0.25) is 0 Å². The van der Waals surface area contributed by atoms with Crippen molar-refractivity contribution in [3.63, 3.8) is 0 Å². The largest absolute Gasteiger partial charge is 0.357 e. The smallest absolute Gasteiger partial charge is 0.174 e. The topological polar surface area (TPSA) is 21.3 Å². The van der Waals surface area contributed by atoms with Gasteiger partial charge in [-0.2, -0.15) is 0 Å². The van der Waals surface area contributed by atoms with E-state index in [0.29, 0.717) is 0 Å². The van der Waals surface area contributed by atoms with E-state index in [1.807, 2.05) is 0 Å². The summed E-state index contributed by atoms with van der Waals surface area (Å²) in [6.07, 6.45) is 1.14. The molecule has 38 valence electrons. The summed E-state index contributed by atoms with van der Waals surface area (Å²) in [5, 5.41) is 0. The second-order valence-corrected chi connectivity index (χ2v) is 1.51. The van der Waals surface area contributed by atoms with Gasteiger partial charge in [0.2, 0.25) is 0 Å². The Morgan fingerprint density at radius 1 is 1.83 bits per heavy atom. The second kappa shape index (κ2) is 5.14. The zero-order valence-electron chi connectivity index (χ0n) is 4.32. The Bertz CT molecular complexity index is 22.8. The molecule has 0 atom stereocenters. The molecule has 0 heterocycles. The van der Waals surface area contributed by atoms with Gasteiger partial charge >= 0.3 is 0 Å². The van der Waals surface area contributed by atoms with Crippen molar-refractivity contribution in [1.29, 1.82) is 0 Å². The van der Waals surface area contributed by atoms with E-state index in [-0.39, 0.29) is 0 Å². The van der Waals surface area contributed by atoms with Gasteiger partial charge in [0.15, 0.2) is 10.5 Å². The summed E-state index contributed by atoms with van der Waals surface area (Å²) in [7, 11) is 0.792. The molecule has 0 rings (SSSR count). The van der Waals surface area contributed by atoms with Gasteiger partial charge in [-0.25, -0.2) is 5.48 Å². The third-order valence-corrected chi connectivity index (χ3v) is 0.785. The molecule has 0 aliphatic carbocycles. The van der Waals surface area contributed by atoms with Crippen molar-refractivity contribution in [3.8, 4) is 0 Å². The molecule has 3 heteroatoms. The minimum absolute atomic E-state index is 0.792. The average molecular weight is 105 g/mol. The maximum atomic E-state index is 4.67. The lowest BCUT2D eigenvalue weighted by Gasteiger charge is -1.94. The molecular weight excluding hydrogens is 94.1 g/mol. The predicted octanol–water partition coefficient (Wildman–Crippen LogP) is -0.802. The van der Waals surface area contributed by atoms with Gasteiger partial charge < -0.3 is 4.53 Å². The Hall–Kier alpha value is 0.137. The van der Waals surface area contributed by atoms with Gasteiger partial charge in [-0.1, -0.05) is 6.92 Å². The maximum absolute atomic E-state index is 4.67. The average Bonchev–Trinajstić information content (AvgIpc) is 1.61. The van der Waals surface area contributed by atoms with Crippen molar-refractivity contribution < 1.29 is 4.53 Å². The zero-order valence-corrected chi connectivity index (χ0v) is 6.32. The first kappa shape index (κ1) is 6.14. The third-order valence-electron chi connectivity index (χ3n) is 0.496. The Balaban J connectivity index is 2.34. The van der Waals surface area contributed by atoms with E-state index in [4.69, 9.17) is 0 Å². The molecule has 0 radical (unpaired) electrons. The summed E-state index contributed by atoms with van der Waals surface area (Å²) in [6.45, 7) is 3.08. The van der Waals surface area contributed by atoms with E-state index >= 15 is 0 Å². The van der Waals surface area contributed by atoms with Crippen LogP contribution in [-0.4, -0.2) is 17.0 Å². The summed E-state index contributed by atoms with van der Waals surface area (Å²) >= 11 is 0. The van der Waals surface area contributed by atoms with Crippen molar-refractivity contribution in [2.75, 3.05) is 6.54 Å². The minimum Gasteiger partial charge on any atom is -0.357 e. The molecular formula is C3H11NOSi. The van der Waals surface area contributed by atoms with Crippen LogP contribution in [0.15, 0.2) is 0 Å². The highest BCUT2D eigenvalue weighted by atomic mass is 28.2. The SMILES string of the molecule is CCCNO[SiH3]. The summed E-state index contributed by atoms with van der Waals surface area (Å²) in [5.74, 6) is 0. The van der Waals surface area contributed by atoms with Crippen LogP contribution < -0.4 is 5.48 Å². The van der Waals surface area contributed by atoms with Gasteiger partial charge in [0.05, 0.1) is 0 Å². The molecule has 0 aromatic rings. The molecule has 6 heavy (non-hydrogen) atoms. The van der Waals surface area contributed by atoms with E-state index in [0.717, 1.165) is 23.5 Å². The standard InChI is InChI=1S/C3H11NOSi/c1-2-3-4-5-6/h4H,2-3H2,1,6H3. The molecule has 0 saturated carbocycles. The zero-order chi connectivity index (χ0) is 4.83. The molecule has 0 spiro atoms. The third kappa shape index (κ3) is 4.14. The first-order valence-electron chi connectivity index (χ1n) is 2.17. The van der Waals surface area contributed by atoms with Crippen LogP contribution in [0.4, 0.5) is 0 Å². The highest BCUT2D eigenvalue weighted by Gasteiger charge is 1.70. The van der Waals surface area contributed by atoms with E-state index in [1.54, 1.807) is 0 Å². The monoisotopic (exact) mass is 105 g/mol. The molecule has 0 unspecified atom stereocenters. The van der Waals surface area contributed by atoms with E-state index in [9.17, 15) is 0 Å². The fourth-order valence-corrected chi connectivity index (χ4v) is 0.408. The van der Waals surface area contributed by atoms with Gasteiger partial charge in [-0.05, 0) is 6.42 Å². The van der Waals surface area contributed by atoms with Crippen LogP contribution in [0, 0.1) is 0 Å². The number of hydroxylamine groups is 1. The van der Waals surface area contributed by atoms with Crippen LogP contribution in [0.25, 0.3) is 0 Å². The normalized spacial score (nSPS) is 9.50. The molecule has 0 saturated heterocycles. The number of nitrogens with one attached hydrogen (secondary N) is 1. The lowest BCUT2D eigenvalue weighted by Crippen LogP contribution is -2.12.